The van der Waals surface area contributed by atoms with Crippen molar-refractivity contribution in [2.24, 2.45) is 0 Å². The Morgan fingerprint density at radius 3 is 2.94 bits per heavy atom. The Labute approximate surface area is 97.9 Å². The van der Waals surface area contributed by atoms with Crippen LogP contribution in [0.25, 0.3) is 0 Å². The number of nitro benzene ring substituents is 1. The molecule has 0 aliphatic carbocycles. The highest BCUT2D eigenvalue weighted by Crippen LogP contribution is 2.24. The average Bonchev–Trinajstić information content (AvgIpc) is 2.28. The molecule has 0 saturated carbocycles. The van der Waals surface area contributed by atoms with Gasteiger partial charge in [0.2, 0.25) is 0 Å². The van der Waals surface area contributed by atoms with Gasteiger partial charge in [-0.2, -0.15) is 0 Å². The maximum absolute atomic E-state index is 13.3. The SMILES string of the molecule is C[C@@H]1CN(c2cc(F)cc([N+](=O)[O-])c2)CCO1. The third-order valence-corrected chi connectivity index (χ3v) is 2.68. The van der Waals surface area contributed by atoms with Crippen LogP contribution in [-0.2, 0) is 4.74 Å². The Bertz CT molecular complexity index is 439. The molecule has 2 rings (SSSR count). The van der Waals surface area contributed by atoms with Gasteiger partial charge in [0.25, 0.3) is 5.69 Å². The molecule has 1 saturated heterocycles. The molecule has 1 aromatic rings. The van der Waals surface area contributed by atoms with Crippen molar-refractivity contribution in [3.8, 4) is 0 Å². The van der Waals surface area contributed by atoms with Crippen LogP contribution in [0.15, 0.2) is 18.2 Å². The molecule has 0 bridgehead atoms. The van der Waals surface area contributed by atoms with Crippen LogP contribution in [0.2, 0.25) is 0 Å². The fourth-order valence-corrected chi connectivity index (χ4v) is 1.90. The van der Waals surface area contributed by atoms with Gasteiger partial charge >= 0.3 is 0 Å². The van der Waals surface area contributed by atoms with Gasteiger partial charge in [0.1, 0.15) is 5.82 Å². The fourth-order valence-electron chi connectivity index (χ4n) is 1.90. The maximum Gasteiger partial charge on any atom is 0.274 e. The van der Waals surface area contributed by atoms with Crippen LogP contribution in [0.5, 0.6) is 0 Å². The summed E-state index contributed by atoms with van der Waals surface area (Å²) in [6.45, 7) is 3.69. The van der Waals surface area contributed by atoms with E-state index >= 15 is 0 Å². The average molecular weight is 240 g/mol. The molecule has 1 aromatic carbocycles. The summed E-state index contributed by atoms with van der Waals surface area (Å²) in [7, 11) is 0. The number of hydrogen-bond donors (Lipinski definition) is 0. The highest BCUT2D eigenvalue weighted by atomic mass is 19.1. The lowest BCUT2D eigenvalue weighted by Gasteiger charge is -2.32. The van der Waals surface area contributed by atoms with Crippen molar-refractivity contribution in [3.05, 3.63) is 34.1 Å². The molecule has 0 spiro atoms. The standard InChI is InChI=1S/C11H13FN2O3/c1-8-7-13(2-3-17-8)10-4-9(12)5-11(6-10)14(15)16/h4-6,8H,2-3,7H2,1H3/t8-/m1/s1. The minimum atomic E-state index is -0.589. The zero-order valence-corrected chi connectivity index (χ0v) is 9.43. The first-order valence-electron chi connectivity index (χ1n) is 5.38. The maximum atomic E-state index is 13.3. The summed E-state index contributed by atoms with van der Waals surface area (Å²) >= 11 is 0. The molecule has 5 nitrogen and oxygen atoms in total. The fraction of sp³-hybridized carbons (Fsp3) is 0.455. The number of rotatable bonds is 2. The molecule has 0 aromatic heterocycles. The van der Waals surface area contributed by atoms with Crippen molar-refractivity contribution < 1.29 is 14.1 Å². The number of nitrogens with zero attached hydrogens (tertiary/aromatic N) is 2. The van der Waals surface area contributed by atoms with E-state index in [1.807, 2.05) is 11.8 Å². The van der Waals surface area contributed by atoms with E-state index in [4.69, 9.17) is 4.74 Å². The van der Waals surface area contributed by atoms with Gasteiger partial charge in [-0.15, -0.1) is 0 Å². The van der Waals surface area contributed by atoms with Crippen molar-refractivity contribution >= 4 is 11.4 Å². The number of ether oxygens (including phenoxy) is 1. The Balaban J connectivity index is 2.28. The van der Waals surface area contributed by atoms with Gasteiger partial charge in [0, 0.05) is 24.8 Å². The molecular weight excluding hydrogens is 227 g/mol. The molecular formula is C11H13FN2O3. The highest BCUT2D eigenvalue weighted by Gasteiger charge is 2.19. The molecule has 1 fully saturated rings. The molecule has 0 amide bonds. The van der Waals surface area contributed by atoms with E-state index in [-0.39, 0.29) is 11.8 Å². The molecule has 1 aliphatic heterocycles. The van der Waals surface area contributed by atoms with Gasteiger partial charge in [-0.1, -0.05) is 0 Å². The zero-order chi connectivity index (χ0) is 12.4. The van der Waals surface area contributed by atoms with Crippen molar-refractivity contribution in [1.82, 2.24) is 0 Å². The minimum Gasteiger partial charge on any atom is -0.375 e. The van der Waals surface area contributed by atoms with Crippen LogP contribution >= 0.6 is 0 Å². The van der Waals surface area contributed by atoms with Crippen LogP contribution in [0, 0.1) is 15.9 Å². The van der Waals surface area contributed by atoms with Crippen LogP contribution < -0.4 is 4.90 Å². The number of nitro groups is 1. The number of morpholine rings is 1. The van der Waals surface area contributed by atoms with E-state index in [9.17, 15) is 14.5 Å². The zero-order valence-electron chi connectivity index (χ0n) is 9.43. The van der Waals surface area contributed by atoms with Crippen LogP contribution in [0.1, 0.15) is 6.92 Å². The van der Waals surface area contributed by atoms with E-state index in [0.717, 1.165) is 6.07 Å². The van der Waals surface area contributed by atoms with Crippen LogP contribution in [0.3, 0.4) is 0 Å². The second kappa shape index (κ2) is 4.67. The smallest absolute Gasteiger partial charge is 0.274 e. The number of hydrogen-bond acceptors (Lipinski definition) is 4. The summed E-state index contributed by atoms with van der Waals surface area (Å²) in [5.74, 6) is -0.589. The van der Waals surface area contributed by atoms with Crippen molar-refractivity contribution in [2.75, 3.05) is 24.6 Å². The van der Waals surface area contributed by atoms with Gasteiger partial charge in [-0.3, -0.25) is 10.1 Å². The molecule has 0 radical (unpaired) electrons. The Hall–Kier alpha value is -1.69. The largest absolute Gasteiger partial charge is 0.375 e. The summed E-state index contributed by atoms with van der Waals surface area (Å²) in [5.41, 5.74) is 0.311. The first-order chi connectivity index (χ1) is 8.06. The summed E-state index contributed by atoms with van der Waals surface area (Å²) < 4.78 is 18.6. The number of anilines is 1. The van der Waals surface area contributed by atoms with Crippen molar-refractivity contribution in [3.63, 3.8) is 0 Å². The lowest BCUT2D eigenvalue weighted by Crippen LogP contribution is -2.41. The topological polar surface area (TPSA) is 55.6 Å². The van der Waals surface area contributed by atoms with Gasteiger partial charge < -0.3 is 9.64 Å². The van der Waals surface area contributed by atoms with E-state index in [0.29, 0.717) is 25.4 Å². The summed E-state index contributed by atoms with van der Waals surface area (Å²) in [6.07, 6.45) is 0.0473. The summed E-state index contributed by atoms with van der Waals surface area (Å²) in [6, 6.07) is 3.62. The van der Waals surface area contributed by atoms with Crippen molar-refractivity contribution in [2.45, 2.75) is 13.0 Å². The first-order valence-corrected chi connectivity index (χ1v) is 5.38. The van der Waals surface area contributed by atoms with E-state index in [1.165, 1.54) is 12.1 Å². The normalized spacial score (nSPS) is 20.4. The molecule has 1 aliphatic rings. The Morgan fingerprint density at radius 1 is 1.53 bits per heavy atom. The molecule has 0 N–H and O–H groups in total. The van der Waals surface area contributed by atoms with Gasteiger partial charge in [-0.05, 0) is 13.0 Å². The summed E-state index contributed by atoms with van der Waals surface area (Å²) in [5, 5.41) is 10.6. The Kier molecular flexibility index (Phi) is 3.23. The quantitative estimate of drug-likeness (QED) is 0.585. The number of halogens is 1. The molecule has 1 heterocycles. The van der Waals surface area contributed by atoms with Crippen LogP contribution in [0.4, 0.5) is 15.8 Å². The van der Waals surface area contributed by atoms with Gasteiger partial charge in [0.15, 0.2) is 0 Å². The predicted octanol–water partition coefficient (Wildman–Crippen LogP) is 1.96. The monoisotopic (exact) mass is 240 g/mol. The summed E-state index contributed by atoms with van der Waals surface area (Å²) in [4.78, 5) is 12.0. The second-order valence-corrected chi connectivity index (χ2v) is 4.05. The lowest BCUT2D eigenvalue weighted by atomic mass is 10.2. The van der Waals surface area contributed by atoms with Gasteiger partial charge in [0.05, 0.1) is 23.7 Å². The van der Waals surface area contributed by atoms with E-state index in [2.05, 4.69) is 0 Å². The van der Waals surface area contributed by atoms with E-state index < -0.39 is 10.7 Å². The molecule has 6 heteroatoms. The second-order valence-electron chi connectivity index (χ2n) is 4.05. The first kappa shape index (κ1) is 11.8. The third kappa shape index (κ3) is 2.71. The lowest BCUT2D eigenvalue weighted by molar-refractivity contribution is -0.385. The predicted molar refractivity (Wildman–Crippen MR) is 60.7 cm³/mol. The Morgan fingerprint density at radius 2 is 2.29 bits per heavy atom. The molecule has 0 unspecified atom stereocenters. The molecule has 1 atom stereocenters. The highest BCUT2D eigenvalue weighted by molar-refractivity contribution is 5.54. The molecule has 17 heavy (non-hydrogen) atoms. The van der Waals surface area contributed by atoms with Crippen molar-refractivity contribution in [1.29, 1.82) is 0 Å². The van der Waals surface area contributed by atoms with Gasteiger partial charge in [-0.25, -0.2) is 4.39 Å². The minimum absolute atomic E-state index is 0.0473. The number of benzene rings is 1. The molecule has 92 valence electrons. The third-order valence-electron chi connectivity index (χ3n) is 2.68. The van der Waals surface area contributed by atoms with E-state index in [1.54, 1.807) is 0 Å². The van der Waals surface area contributed by atoms with Crippen LogP contribution in [-0.4, -0.2) is 30.7 Å². The number of non-ortho nitro benzene ring substituents is 1.